The summed E-state index contributed by atoms with van der Waals surface area (Å²) in [6.07, 6.45) is 3.90. The second-order valence-corrected chi connectivity index (χ2v) is 7.37. The minimum absolute atomic E-state index is 0.0161. The van der Waals surface area contributed by atoms with Crippen LogP contribution in [0.3, 0.4) is 0 Å². The molecule has 0 bridgehead atoms. The summed E-state index contributed by atoms with van der Waals surface area (Å²) >= 11 is 0. The Bertz CT molecular complexity index is 876. The lowest BCUT2D eigenvalue weighted by Gasteiger charge is -2.33. The first-order valence-electron chi connectivity index (χ1n) is 9.53. The summed E-state index contributed by atoms with van der Waals surface area (Å²) in [5.74, 6) is -0.139. The predicted octanol–water partition coefficient (Wildman–Crippen LogP) is 2.48. The van der Waals surface area contributed by atoms with Gasteiger partial charge in [-0.15, -0.1) is 0 Å². The van der Waals surface area contributed by atoms with Crippen molar-refractivity contribution in [2.24, 2.45) is 0 Å². The molecule has 0 spiro atoms. The first kappa shape index (κ1) is 18.6. The van der Waals surface area contributed by atoms with Gasteiger partial charge in [-0.05, 0) is 44.5 Å². The van der Waals surface area contributed by atoms with Crippen molar-refractivity contribution in [2.45, 2.75) is 31.2 Å². The van der Waals surface area contributed by atoms with Crippen LogP contribution in [0.25, 0.3) is 0 Å². The highest BCUT2D eigenvalue weighted by atomic mass is 19.1. The maximum absolute atomic E-state index is 13.7. The molecule has 8 heteroatoms. The number of nitrogens with one attached hydrogen (secondary N) is 1. The van der Waals surface area contributed by atoms with Crippen molar-refractivity contribution < 1.29 is 18.4 Å². The van der Waals surface area contributed by atoms with Crippen LogP contribution in [-0.2, 0) is 4.79 Å². The van der Waals surface area contributed by atoms with Crippen molar-refractivity contribution in [1.29, 1.82) is 0 Å². The second kappa shape index (κ2) is 7.71. The van der Waals surface area contributed by atoms with Gasteiger partial charge in [0.25, 0.3) is 5.91 Å². The van der Waals surface area contributed by atoms with Gasteiger partial charge in [-0.3, -0.25) is 14.5 Å². The Kier molecular flexibility index (Phi) is 5.13. The summed E-state index contributed by atoms with van der Waals surface area (Å²) < 4.78 is 19.3. The first-order chi connectivity index (χ1) is 13.5. The molecule has 2 aliphatic rings. The number of nitrogens with zero attached hydrogens (tertiary/aromatic N) is 3. The van der Waals surface area contributed by atoms with E-state index in [1.807, 2.05) is 7.05 Å². The van der Waals surface area contributed by atoms with E-state index in [0.29, 0.717) is 5.89 Å². The number of benzene rings is 1. The molecule has 148 valence electrons. The molecule has 0 aliphatic carbocycles. The third kappa shape index (κ3) is 3.64. The van der Waals surface area contributed by atoms with Gasteiger partial charge in [0.2, 0.25) is 11.7 Å². The van der Waals surface area contributed by atoms with Crippen molar-refractivity contribution in [1.82, 2.24) is 14.8 Å². The number of halogens is 1. The van der Waals surface area contributed by atoms with E-state index in [-0.39, 0.29) is 29.3 Å². The molecule has 2 aliphatic heterocycles. The van der Waals surface area contributed by atoms with E-state index >= 15 is 0 Å². The van der Waals surface area contributed by atoms with Crippen molar-refractivity contribution >= 4 is 17.5 Å². The Labute approximate surface area is 162 Å². The number of likely N-dealkylation sites (N-methyl/N-ethyl adjacent to an activating group) is 1. The van der Waals surface area contributed by atoms with E-state index in [1.165, 1.54) is 18.3 Å². The highest BCUT2D eigenvalue weighted by Crippen LogP contribution is 2.30. The summed E-state index contributed by atoms with van der Waals surface area (Å²) in [5.41, 5.74) is 0.102. The van der Waals surface area contributed by atoms with Crippen molar-refractivity contribution in [2.75, 3.05) is 32.0 Å². The van der Waals surface area contributed by atoms with Gasteiger partial charge < -0.3 is 14.6 Å². The fraction of sp³-hybridized carbons (Fsp3) is 0.450. The number of carbonyl (C=O) groups excluding carboxylic acids is 2. The fourth-order valence-corrected chi connectivity index (χ4v) is 3.93. The van der Waals surface area contributed by atoms with E-state index in [2.05, 4.69) is 15.2 Å². The summed E-state index contributed by atoms with van der Waals surface area (Å²) in [7, 11) is 1.84. The molecule has 1 atom stereocenters. The molecule has 28 heavy (non-hydrogen) atoms. The Morgan fingerprint density at radius 1 is 1.21 bits per heavy atom. The topological polar surface area (TPSA) is 78.7 Å². The number of hydrogen-bond donors (Lipinski definition) is 1. The zero-order valence-electron chi connectivity index (χ0n) is 15.7. The van der Waals surface area contributed by atoms with E-state index in [4.69, 9.17) is 4.42 Å². The van der Waals surface area contributed by atoms with Gasteiger partial charge in [0.05, 0.1) is 17.9 Å². The Balaban J connectivity index is 1.35. The molecule has 0 radical (unpaired) electrons. The number of anilines is 1. The van der Waals surface area contributed by atoms with E-state index in [0.717, 1.165) is 38.9 Å². The molecule has 1 aromatic heterocycles. The number of oxazole rings is 1. The molecule has 1 aromatic carbocycles. The number of para-hydroxylation sites is 1. The molecule has 3 heterocycles. The minimum atomic E-state index is -0.527. The molecule has 2 amide bonds. The standard InChI is InChI=1S/C20H23FN4O3/c1-24-9-8-16(20(24)27)25-10-6-13(7-11-25)19-22-12-17(28-19)18(26)23-15-5-3-2-4-14(15)21/h2-5,12-13,16H,6-11H2,1H3,(H,23,26). The maximum atomic E-state index is 13.7. The molecule has 2 saturated heterocycles. The summed E-state index contributed by atoms with van der Waals surface area (Å²) in [5, 5.41) is 2.50. The Morgan fingerprint density at radius 2 is 1.96 bits per heavy atom. The van der Waals surface area contributed by atoms with Crippen LogP contribution in [-0.4, -0.2) is 59.3 Å². The number of piperidine rings is 1. The van der Waals surface area contributed by atoms with E-state index in [1.54, 1.807) is 17.0 Å². The molecular weight excluding hydrogens is 363 g/mol. The van der Waals surface area contributed by atoms with Gasteiger partial charge in [-0.25, -0.2) is 9.37 Å². The van der Waals surface area contributed by atoms with E-state index < -0.39 is 11.7 Å². The smallest absolute Gasteiger partial charge is 0.293 e. The highest BCUT2D eigenvalue weighted by Gasteiger charge is 2.36. The third-order valence-corrected chi connectivity index (χ3v) is 5.59. The number of hydrogen-bond acceptors (Lipinski definition) is 5. The summed E-state index contributed by atoms with van der Waals surface area (Å²) in [4.78, 5) is 32.8. The minimum Gasteiger partial charge on any atom is -0.435 e. The lowest BCUT2D eigenvalue weighted by molar-refractivity contribution is -0.131. The average Bonchev–Trinajstić information content (AvgIpc) is 3.32. The number of aromatic nitrogens is 1. The van der Waals surface area contributed by atoms with Crippen LogP contribution in [0.5, 0.6) is 0 Å². The van der Waals surface area contributed by atoms with Gasteiger partial charge in [0.15, 0.2) is 5.89 Å². The molecule has 2 aromatic rings. The largest absolute Gasteiger partial charge is 0.435 e. The first-order valence-corrected chi connectivity index (χ1v) is 9.53. The van der Waals surface area contributed by atoms with Crippen LogP contribution in [0.15, 0.2) is 34.9 Å². The number of carbonyl (C=O) groups is 2. The summed E-state index contributed by atoms with van der Waals surface area (Å²) in [6.45, 7) is 2.41. The predicted molar refractivity (Wildman–Crippen MR) is 100 cm³/mol. The van der Waals surface area contributed by atoms with Crippen LogP contribution in [0, 0.1) is 5.82 Å². The Hall–Kier alpha value is -2.74. The quantitative estimate of drug-likeness (QED) is 0.873. The van der Waals surface area contributed by atoms with Crippen molar-refractivity contribution in [3.05, 3.63) is 47.9 Å². The highest BCUT2D eigenvalue weighted by molar-refractivity contribution is 6.02. The van der Waals surface area contributed by atoms with Gasteiger partial charge in [0.1, 0.15) is 5.82 Å². The van der Waals surface area contributed by atoms with Gasteiger partial charge >= 0.3 is 0 Å². The van der Waals surface area contributed by atoms with Crippen LogP contribution >= 0.6 is 0 Å². The number of likely N-dealkylation sites (tertiary alicyclic amines) is 2. The molecule has 2 fully saturated rings. The molecule has 4 rings (SSSR count). The van der Waals surface area contributed by atoms with Crippen molar-refractivity contribution in [3.8, 4) is 0 Å². The SMILES string of the molecule is CN1CCC(N2CCC(c3ncc(C(=O)Nc4ccccc4F)o3)CC2)C1=O. The van der Waals surface area contributed by atoms with Crippen LogP contribution < -0.4 is 5.32 Å². The zero-order valence-corrected chi connectivity index (χ0v) is 15.7. The normalized spacial score (nSPS) is 21.3. The average molecular weight is 386 g/mol. The van der Waals surface area contributed by atoms with Crippen LogP contribution in [0.1, 0.15) is 41.6 Å². The number of rotatable bonds is 4. The molecule has 0 saturated carbocycles. The molecule has 1 unspecified atom stereocenters. The van der Waals surface area contributed by atoms with Crippen molar-refractivity contribution in [3.63, 3.8) is 0 Å². The van der Waals surface area contributed by atoms with Crippen LogP contribution in [0.2, 0.25) is 0 Å². The lowest BCUT2D eigenvalue weighted by Crippen LogP contribution is -2.45. The monoisotopic (exact) mass is 386 g/mol. The fourth-order valence-electron chi connectivity index (χ4n) is 3.93. The zero-order chi connectivity index (χ0) is 19.7. The van der Waals surface area contributed by atoms with Gasteiger partial charge in [-0.1, -0.05) is 12.1 Å². The lowest BCUT2D eigenvalue weighted by atomic mass is 9.95. The summed E-state index contributed by atoms with van der Waals surface area (Å²) in [6, 6.07) is 5.95. The maximum Gasteiger partial charge on any atom is 0.293 e. The molecular formula is C20H23FN4O3. The third-order valence-electron chi connectivity index (χ3n) is 5.59. The molecule has 7 nitrogen and oxygen atoms in total. The van der Waals surface area contributed by atoms with Gasteiger partial charge in [-0.2, -0.15) is 0 Å². The van der Waals surface area contributed by atoms with E-state index in [9.17, 15) is 14.0 Å². The Morgan fingerprint density at radius 3 is 2.64 bits per heavy atom. The number of amides is 2. The van der Waals surface area contributed by atoms with Crippen LogP contribution in [0.4, 0.5) is 10.1 Å². The molecule has 1 N–H and O–H groups in total. The van der Waals surface area contributed by atoms with Gasteiger partial charge in [0, 0.05) is 19.5 Å². The second-order valence-electron chi connectivity index (χ2n) is 7.37.